The number of hydrazine groups is 1. The number of benzene rings is 1. The molecule has 0 heterocycles. The van der Waals surface area contributed by atoms with Crippen molar-refractivity contribution in [2.75, 3.05) is 18.6 Å². The Morgan fingerprint density at radius 2 is 1.35 bits per heavy atom. The van der Waals surface area contributed by atoms with Crippen LogP contribution in [0, 0.1) is 0 Å². The van der Waals surface area contributed by atoms with Crippen LogP contribution in [0.1, 0.15) is 97.3 Å². The van der Waals surface area contributed by atoms with Crippen LogP contribution >= 0.6 is 0 Å². The van der Waals surface area contributed by atoms with Crippen LogP contribution in [0.25, 0.3) is 0 Å². The van der Waals surface area contributed by atoms with Gasteiger partial charge in [0.25, 0.3) is 0 Å². The van der Waals surface area contributed by atoms with Gasteiger partial charge in [-0.2, -0.15) is 0 Å². The van der Waals surface area contributed by atoms with Gasteiger partial charge in [0, 0.05) is 12.6 Å². The molecule has 1 aromatic carbocycles. The SMILES string of the molecule is CCCCCCCCCCCCCCOc1cccc(NNCCC)c1. The predicted molar refractivity (Wildman–Crippen MR) is 115 cm³/mol. The van der Waals surface area contributed by atoms with Crippen LogP contribution in [0.2, 0.25) is 0 Å². The molecule has 3 nitrogen and oxygen atoms in total. The quantitative estimate of drug-likeness (QED) is 0.216. The molecule has 0 aliphatic rings. The third-order valence-electron chi connectivity index (χ3n) is 4.71. The molecule has 0 aliphatic heterocycles. The number of nitrogens with one attached hydrogen (secondary N) is 2. The van der Waals surface area contributed by atoms with E-state index in [1.54, 1.807) is 0 Å². The largest absolute Gasteiger partial charge is 0.494 e. The molecular formula is C23H42N2O. The summed E-state index contributed by atoms with van der Waals surface area (Å²) in [6.45, 7) is 6.22. The number of hydrogen-bond acceptors (Lipinski definition) is 3. The summed E-state index contributed by atoms with van der Waals surface area (Å²) in [5.74, 6) is 0.955. The fourth-order valence-electron chi connectivity index (χ4n) is 3.09. The highest BCUT2D eigenvalue weighted by Crippen LogP contribution is 2.17. The monoisotopic (exact) mass is 362 g/mol. The number of rotatable bonds is 18. The summed E-state index contributed by atoms with van der Waals surface area (Å²) in [5, 5.41) is 0. The minimum absolute atomic E-state index is 0.823. The molecule has 150 valence electrons. The van der Waals surface area contributed by atoms with Crippen molar-refractivity contribution in [2.24, 2.45) is 0 Å². The molecule has 2 N–H and O–H groups in total. The first-order valence-corrected chi connectivity index (χ1v) is 11.1. The van der Waals surface area contributed by atoms with Gasteiger partial charge in [-0.25, -0.2) is 5.43 Å². The van der Waals surface area contributed by atoms with E-state index in [0.717, 1.165) is 37.4 Å². The van der Waals surface area contributed by atoms with E-state index in [9.17, 15) is 0 Å². The van der Waals surface area contributed by atoms with Gasteiger partial charge in [0.15, 0.2) is 0 Å². The second kappa shape index (κ2) is 17.2. The molecule has 0 radical (unpaired) electrons. The molecule has 0 saturated carbocycles. The Balaban J connectivity index is 1.92. The molecule has 3 heteroatoms. The summed E-state index contributed by atoms with van der Waals surface area (Å²) in [6.07, 6.45) is 17.6. The zero-order valence-corrected chi connectivity index (χ0v) is 17.3. The maximum atomic E-state index is 5.88. The van der Waals surface area contributed by atoms with Gasteiger partial charge in [-0.05, 0) is 25.0 Å². The van der Waals surface area contributed by atoms with Crippen molar-refractivity contribution in [3.05, 3.63) is 24.3 Å². The van der Waals surface area contributed by atoms with E-state index in [-0.39, 0.29) is 0 Å². The summed E-state index contributed by atoms with van der Waals surface area (Å²) in [5.41, 5.74) is 7.46. The fourth-order valence-corrected chi connectivity index (χ4v) is 3.09. The Bertz CT molecular complexity index is 422. The number of hydrogen-bond donors (Lipinski definition) is 2. The molecule has 0 spiro atoms. The first-order chi connectivity index (χ1) is 12.9. The van der Waals surface area contributed by atoms with E-state index in [2.05, 4.69) is 36.8 Å². The zero-order chi connectivity index (χ0) is 18.7. The highest BCUT2D eigenvalue weighted by molar-refractivity contribution is 5.47. The van der Waals surface area contributed by atoms with E-state index in [1.165, 1.54) is 70.6 Å². The average Bonchev–Trinajstić information content (AvgIpc) is 2.66. The van der Waals surface area contributed by atoms with Gasteiger partial charge in [0.2, 0.25) is 0 Å². The third-order valence-corrected chi connectivity index (χ3v) is 4.71. The molecule has 0 bridgehead atoms. The van der Waals surface area contributed by atoms with Gasteiger partial charge in [-0.3, -0.25) is 0 Å². The Hall–Kier alpha value is -1.22. The van der Waals surface area contributed by atoms with E-state index < -0.39 is 0 Å². The van der Waals surface area contributed by atoms with Gasteiger partial charge in [-0.1, -0.05) is 90.5 Å². The van der Waals surface area contributed by atoms with Gasteiger partial charge >= 0.3 is 0 Å². The van der Waals surface area contributed by atoms with Crippen LogP contribution in [-0.4, -0.2) is 13.2 Å². The Morgan fingerprint density at radius 1 is 0.731 bits per heavy atom. The second-order valence-electron chi connectivity index (χ2n) is 7.32. The Labute approximate surface area is 162 Å². The van der Waals surface area contributed by atoms with E-state index in [0.29, 0.717) is 0 Å². The molecule has 0 aromatic heterocycles. The molecule has 0 saturated heterocycles. The number of unbranched alkanes of at least 4 members (excludes halogenated alkanes) is 11. The van der Waals surface area contributed by atoms with Crippen molar-refractivity contribution in [3.63, 3.8) is 0 Å². The van der Waals surface area contributed by atoms with Crippen molar-refractivity contribution in [1.82, 2.24) is 5.43 Å². The molecule has 1 rings (SSSR count). The summed E-state index contributed by atoms with van der Waals surface area (Å²) < 4.78 is 5.88. The molecule has 0 unspecified atom stereocenters. The van der Waals surface area contributed by atoms with Crippen LogP contribution in [0.4, 0.5) is 5.69 Å². The lowest BCUT2D eigenvalue weighted by atomic mass is 10.1. The minimum atomic E-state index is 0.823. The van der Waals surface area contributed by atoms with E-state index >= 15 is 0 Å². The minimum Gasteiger partial charge on any atom is -0.494 e. The van der Waals surface area contributed by atoms with E-state index in [4.69, 9.17) is 4.74 Å². The van der Waals surface area contributed by atoms with Crippen molar-refractivity contribution in [2.45, 2.75) is 97.3 Å². The maximum absolute atomic E-state index is 5.88. The van der Waals surface area contributed by atoms with Crippen LogP contribution in [0.5, 0.6) is 5.75 Å². The number of ether oxygens (including phenoxy) is 1. The Kier molecular flexibility index (Phi) is 15.1. The first kappa shape index (κ1) is 22.8. The van der Waals surface area contributed by atoms with Gasteiger partial charge < -0.3 is 10.2 Å². The average molecular weight is 363 g/mol. The summed E-state index contributed by atoms with van der Waals surface area (Å²) in [4.78, 5) is 0. The highest BCUT2D eigenvalue weighted by atomic mass is 16.5. The second-order valence-corrected chi connectivity index (χ2v) is 7.32. The van der Waals surface area contributed by atoms with Crippen LogP contribution in [0.15, 0.2) is 24.3 Å². The summed E-state index contributed by atoms with van der Waals surface area (Å²) in [6, 6.07) is 8.18. The smallest absolute Gasteiger partial charge is 0.121 e. The molecule has 0 amide bonds. The standard InChI is InChI=1S/C23H42N2O/c1-3-5-6-7-8-9-10-11-12-13-14-15-20-26-23-18-16-17-22(21-23)25-24-19-4-2/h16-18,21,24-25H,3-15,19-20H2,1-2H3. The lowest BCUT2D eigenvalue weighted by molar-refractivity contribution is 0.304. The third kappa shape index (κ3) is 13.0. The van der Waals surface area contributed by atoms with Gasteiger partial charge in [-0.15, -0.1) is 0 Å². The van der Waals surface area contributed by atoms with Crippen molar-refractivity contribution in [3.8, 4) is 5.75 Å². The lowest BCUT2D eigenvalue weighted by Crippen LogP contribution is -2.21. The van der Waals surface area contributed by atoms with Crippen LogP contribution in [0.3, 0.4) is 0 Å². The summed E-state index contributed by atoms with van der Waals surface area (Å²) in [7, 11) is 0. The topological polar surface area (TPSA) is 33.3 Å². The molecule has 0 aliphatic carbocycles. The molecule has 0 atom stereocenters. The predicted octanol–water partition coefficient (Wildman–Crippen LogP) is 7.09. The maximum Gasteiger partial charge on any atom is 0.121 e. The molecule has 0 fully saturated rings. The van der Waals surface area contributed by atoms with Gasteiger partial charge in [0.05, 0.1) is 12.3 Å². The summed E-state index contributed by atoms with van der Waals surface area (Å²) >= 11 is 0. The lowest BCUT2D eigenvalue weighted by Gasteiger charge is -2.10. The molecule has 26 heavy (non-hydrogen) atoms. The Morgan fingerprint density at radius 3 is 1.96 bits per heavy atom. The van der Waals surface area contributed by atoms with Gasteiger partial charge in [0.1, 0.15) is 5.75 Å². The van der Waals surface area contributed by atoms with Crippen LogP contribution < -0.4 is 15.6 Å². The van der Waals surface area contributed by atoms with Crippen molar-refractivity contribution in [1.29, 1.82) is 0 Å². The van der Waals surface area contributed by atoms with Crippen molar-refractivity contribution < 1.29 is 4.74 Å². The number of anilines is 1. The molecular weight excluding hydrogens is 320 g/mol. The zero-order valence-electron chi connectivity index (χ0n) is 17.3. The fraction of sp³-hybridized carbons (Fsp3) is 0.739. The molecule has 1 aromatic rings. The van der Waals surface area contributed by atoms with Crippen LogP contribution in [-0.2, 0) is 0 Å². The normalized spacial score (nSPS) is 10.8. The van der Waals surface area contributed by atoms with E-state index in [1.807, 2.05) is 12.1 Å². The van der Waals surface area contributed by atoms with Crippen molar-refractivity contribution >= 4 is 5.69 Å². The highest BCUT2D eigenvalue weighted by Gasteiger charge is 1.97. The first-order valence-electron chi connectivity index (χ1n) is 11.1.